The molecule has 138 valence electrons. The molecule has 0 unspecified atom stereocenters. The quantitative estimate of drug-likeness (QED) is 0.644. The van der Waals surface area contributed by atoms with Gasteiger partial charge in [-0.3, -0.25) is 4.79 Å². The Morgan fingerprint density at radius 2 is 1.81 bits per heavy atom. The standard InChI is InChI=1S/C21H22N4O2/c1-27-18-9-5-8-16(12-18)10-11-22-20-13-19(24-15-25-20)21(26)23-14-17-6-3-2-4-7-17/h2-9,12-13,15H,10-11,14H2,1H3,(H,23,26)(H,22,24,25). The molecule has 0 atom stereocenters. The van der Waals surface area contributed by atoms with Crippen LogP contribution in [-0.4, -0.2) is 29.5 Å². The topological polar surface area (TPSA) is 76.1 Å². The molecule has 27 heavy (non-hydrogen) atoms. The molecular formula is C21H22N4O2. The van der Waals surface area contributed by atoms with Gasteiger partial charge in [-0.15, -0.1) is 0 Å². The minimum Gasteiger partial charge on any atom is -0.497 e. The van der Waals surface area contributed by atoms with Gasteiger partial charge in [-0.1, -0.05) is 42.5 Å². The molecule has 1 amide bonds. The maximum atomic E-state index is 12.3. The van der Waals surface area contributed by atoms with Gasteiger partial charge >= 0.3 is 0 Å². The number of rotatable bonds is 8. The average Bonchev–Trinajstić information content (AvgIpc) is 2.73. The molecule has 0 aliphatic rings. The third-order valence-electron chi connectivity index (χ3n) is 4.05. The number of amides is 1. The van der Waals surface area contributed by atoms with Gasteiger partial charge in [0.2, 0.25) is 0 Å². The molecule has 3 aromatic rings. The Morgan fingerprint density at radius 1 is 1.00 bits per heavy atom. The van der Waals surface area contributed by atoms with Crippen LogP contribution in [0.25, 0.3) is 0 Å². The van der Waals surface area contributed by atoms with Crippen molar-refractivity contribution in [2.24, 2.45) is 0 Å². The summed E-state index contributed by atoms with van der Waals surface area (Å²) >= 11 is 0. The van der Waals surface area contributed by atoms with Crippen LogP contribution in [0.3, 0.4) is 0 Å². The minimum absolute atomic E-state index is 0.225. The highest BCUT2D eigenvalue weighted by atomic mass is 16.5. The Bertz CT molecular complexity index is 884. The zero-order chi connectivity index (χ0) is 18.9. The first-order chi connectivity index (χ1) is 13.2. The van der Waals surface area contributed by atoms with Crippen molar-refractivity contribution in [2.45, 2.75) is 13.0 Å². The van der Waals surface area contributed by atoms with Crippen LogP contribution in [0.1, 0.15) is 21.6 Å². The highest BCUT2D eigenvalue weighted by Gasteiger charge is 2.08. The maximum Gasteiger partial charge on any atom is 0.270 e. The highest BCUT2D eigenvalue weighted by Crippen LogP contribution is 2.13. The predicted octanol–water partition coefficient (Wildman–Crippen LogP) is 3.07. The molecule has 0 spiro atoms. The zero-order valence-electron chi connectivity index (χ0n) is 15.2. The largest absolute Gasteiger partial charge is 0.497 e. The fourth-order valence-electron chi connectivity index (χ4n) is 2.61. The molecule has 0 saturated heterocycles. The summed E-state index contributed by atoms with van der Waals surface area (Å²) in [5.74, 6) is 1.24. The van der Waals surface area contributed by atoms with Gasteiger partial charge in [-0.25, -0.2) is 9.97 Å². The van der Waals surface area contributed by atoms with E-state index in [1.165, 1.54) is 6.33 Å². The normalized spacial score (nSPS) is 10.3. The summed E-state index contributed by atoms with van der Waals surface area (Å²) in [5, 5.41) is 6.09. The Hall–Kier alpha value is -3.41. The monoisotopic (exact) mass is 362 g/mol. The molecule has 0 fully saturated rings. The molecule has 1 aromatic heterocycles. The van der Waals surface area contributed by atoms with Crippen LogP contribution in [0.15, 0.2) is 67.0 Å². The van der Waals surface area contributed by atoms with Gasteiger partial charge in [-0.05, 0) is 29.7 Å². The van der Waals surface area contributed by atoms with E-state index >= 15 is 0 Å². The number of methoxy groups -OCH3 is 1. The van der Waals surface area contributed by atoms with Crippen molar-refractivity contribution >= 4 is 11.7 Å². The number of aromatic nitrogens is 2. The average molecular weight is 362 g/mol. The first kappa shape index (κ1) is 18.4. The van der Waals surface area contributed by atoms with Crippen LogP contribution < -0.4 is 15.4 Å². The summed E-state index contributed by atoms with van der Waals surface area (Å²) in [6.45, 7) is 1.15. The molecule has 1 heterocycles. The minimum atomic E-state index is -0.225. The first-order valence-corrected chi connectivity index (χ1v) is 8.75. The lowest BCUT2D eigenvalue weighted by atomic mass is 10.1. The third kappa shape index (κ3) is 5.54. The molecule has 0 aliphatic heterocycles. The van der Waals surface area contributed by atoms with Crippen molar-refractivity contribution < 1.29 is 9.53 Å². The van der Waals surface area contributed by atoms with E-state index < -0.39 is 0 Å². The van der Waals surface area contributed by atoms with Gasteiger partial charge in [0.1, 0.15) is 23.6 Å². The molecular weight excluding hydrogens is 340 g/mol. The van der Waals surface area contributed by atoms with E-state index in [-0.39, 0.29) is 5.91 Å². The van der Waals surface area contributed by atoms with E-state index in [1.54, 1.807) is 13.2 Å². The number of ether oxygens (including phenoxy) is 1. The summed E-state index contributed by atoms with van der Waals surface area (Å²) in [7, 11) is 1.66. The molecule has 0 saturated carbocycles. The second kappa shape index (κ2) is 9.33. The molecule has 6 heteroatoms. The molecule has 3 rings (SSSR count). The molecule has 0 radical (unpaired) electrons. The Labute approximate surface area is 158 Å². The number of hydrogen-bond acceptors (Lipinski definition) is 5. The zero-order valence-corrected chi connectivity index (χ0v) is 15.2. The molecule has 2 aromatic carbocycles. The van der Waals surface area contributed by atoms with Crippen molar-refractivity contribution in [1.82, 2.24) is 15.3 Å². The van der Waals surface area contributed by atoms with Crippen molar-refractivity contribution in [3.05, 3.63) is 83.8 Å². The number of nitrogens with one attached hydrogen (secondary N) is 2. The van der Waals surface area contributed by atoms with Crippen LogP contribution in [0.5, 0.6) is 5.75 Å². The summed E-state index contributed by atoms with van der Waals surface area (Å²) < 4.78 is 5.23. The Morgan fingerprint density at radius 3 is 2.63 bits per heavy atom. The third-order valence-corrected chi connectivity index (χ3v) is 4.05. The second-order valence-corrected chi connectivity index (χ2v) is 5.99. The van der Waals surface area contributed by atoms with Crippen LogP contribution >= 0.6 is 0 Å². The number of anilines is 1. The highest BCUT2D eigenvalue weighted by molar-refractivity contribution is 5.92. The van der Waals surface area contributed by atoms with Crippen LogP contribution in [0.4, 0.5) is 5.82 Å². The fourth-order valence-corrected chi connectivity index (χ4v) is 2.61. The van der Waals surface area contributed by atoms with Crippen LogP contribution in [0.2, 0.25) is 0 Å². The van der Waals surface area contributed by atoms with Crippen molar-refractivity contribution in [2.75, 3.05) is 19.0 Å². The number of hydrogen-bond donors (Lipinski definition) is 2. The van der Waals surface area contributed by atoms with Gasteiger partial charge in [0, 0.05) is 19.2 Å². The fraction of sp³-hybridized carbons (Fsp3) is 0.190. The molecule has 0 bridgehead atoms. The van der Waals surface area contributed by atoms with Crippen LogP contribution in [0, 0.1) is 0 Å². The number of carbonyl (C=O) groups excluding carboxylic acids is 1. The second-order valence-electron chi connectivity index (χ2n) is 5.99. The smallest absolute Gasteiger partial charge is 0.270 e. The van der Waals surface area contributed by atoms with Crippen LogP contribution in [-0.2, 0) is 13.0 Å². The Kier molecular flexibility index (Phi) is 6.35. The lowest BCUT2D eigenvalue weighted by Crippen LogP contribution is -2.24. The lowest BCUT2D eigenvalue weighted by molar-refractivity contribution is 0.0946. The lowest BCUT2D eigenvalue weighted by Gasteiger charge is -2.08. The number of carbonyl (C=O) groups is 1. The van der Waals surface area contributed by atoms with E-state index in [4.69, 9.17) is 4.74 Å². The van der Waals surface area contributed by atoms with E-state index in [9.17, 15) is 4.79 Å². The van der Waals surface area contributed by atoms with E-state index in [0.717, 1.165) is 23.3 Å². The Balaban J connectivity index is 1.52. The van der Waals surface area contributed by atoms with E-state index in [2.05, 4.69) is 20.6 Å². The summed E-state index contributed by atoms with van der Waals surface area (Å²) in [6.07, 6.45) is 2.21. The first-order valence-electron chi connectivity index (χ1n) is 8.75. The summed E-state index contributed by atoms with van der Waals surface area (Å²) in [6, 6.07) is 19.3. The summed E-state index contributed by atoms with van der Waals surface area (Å²) in [5.41, 5.74) is 2.54. The van der Waals surface area contributed by atoms with Gasteiger partial charge < -0.3 is 15.4 Å². The molecule has 2 N–H and O–H groups in total. The number of nitrogens with zero attached hydrogens (tertiary/aromatic N) is 2. The van der Waals surface area contributed by atoms with E-state index in [0.29, 0.717) is 24.6 Å². The van der Waals surface area contributed by atoms with Gasteiger partial charge in [-0.2, -0.15) is 0 Å². The van der Waals surface area contributed by atoms with Gasteiger partial charge in [0.05, 0.1) is 7.11 Å². The maximum absolute atomic E-state index is 12.3. The van der Waals surface area contributed by atoms with Gasteiger partial charge in [0.15, 0.2) is 0 Å². The molecule has 0 aliphatic carbocycles. The SMILES string of the molecule is COc1cccc(CCNc2cc(C(=O)NCc3ccccc3)ncn2)c1. The van der Waals surface area contributed by atoms with E-state index in [1.807, 2.05) is 54.6 Å². The molecule has 6 nitrogen and oxygen atoms in total. The van der Waals surface area contributed by atoms with Crippen molar-refractivity contribution in [3.63, 3.8) is 0 Å². The number of benzene rings is 2. The van der Waals surface area contributed by atoms with Crippen molar-refractivity contribution in [3.8, 4) is 5.75 Å². The predicted molar refractivity (Wildman–Crippen MR) is 105 cm³/mol. The van der Waals surface area contributed by atoms with Gasteiger partial charge in [0.25, 0.3) is 5.91 Å². The summed E-state index contributed by atoms with van der Waals surface area (Å²) in [4.78, 5) is 20.5. The van der Waals surface area contributed by atoms with Crippen molar-refractivity contribution in [1.29, 1.82) is 0 Å².